The van der Waals surface area contributed by atoms with Crippen LogP contribution in [0.1, 0.15) is 12.0 Å². The maximum atomic E-state index is 10.4. The molecule has 1 aromatic rings. The average molecular weight is 243 g/mol. The molecule has 0 aliphatic heterocycles. The van der Waals surface area contributed by atoms with Crippen LogP contribution < -0.4 is 0 Å². The van der Waals surface area contributed by atoms with Crippen molar-refractivity contribution in [3.05, 3.63) is 42.8 Å². The summed E-state index contributed by atoms with van der Waals surface area (Å²) in [4.78, 5) is 10.4. The molecule has 0 spiro atoms. The van der Waals surface area contributed by atoms with E-state index in [9.17, 15) is 4.79 Å². The van der Waals surface area contributed by atoms with Gasteiger partial charge in [-0.15, -0.1) is 23.2 Å². The monoisotopic (exact) mass is 242 g/mol. The number of aldehydes is 1. The molecule has 0 bridgehead atoms. The normalized spacial score (nSPS) is 13.5. The van der Waals surface area contributed by atoms with Crippen LogP contribution in [0.2, 0.25) is 0 Å². The van der Waals surface area contributed by atoms with Gasteiger partial charge in [0, 0.05) is 12.3 Å². The van der Waals surface area contributed by atoms with Gasteiger partial charge in [0.15, 0.2) is 0 Å². The molecular weight excluding hydrogens is 231 g/mol. The lowest BCUT2D eigenvalue weighted by Crippen LogP contribution is -2.20. The molecule has 0 amide bonds. The van der Waals surface area contributed by atoms with E-state index < -0.39 is 10.3 Å². The fraction of sp³-hybridized carbons (Fsp3) is 0.333. The third kappa shape index (κ3) is 4.67. The van der Waals surface area contributed by atoms with Gasteiger partial charge in [0.05, 0.1) is 0 Å². The van der Waals surface area contributed by atoms with Gasteiger partial charge in [0.25, 0.3) is 0 Å². The number of benzene rings is 1. The molecule has 0 aliphatic carbocycles. The fourth-order valence-electron chi connectivity index (χ4n) is 1.36. The van der Waals surface area contributed by atoms with E-state index in [1.807, 2.05) is 30.3 Å². The van der Waals surface area contributed by atoms with Crippen LogP contribution >= 0.6 is 23.2 Å². The molecule has 1 nitrogen and oxygen atoms in total. The highest BCUT2D eigenvalue weighted by Crippen LogP contribution is 2.32. The van der Waals surface area contributed by atoms with Gasteiger partial charge in [-0.3, -0.25) is 0 Å². The van der Waals surface area contributed by atoms with Crippen LogP contribution in [0.4, 0.5) is 0 Å². The minimum atomic E-state index is -0.984. The van der Waals surface area contributed by atoms with E-state index in [1.165, 1.54) is 0 Å². The van der Waals surface area contributed by atoms with E-state index in [0.29, 0.717) is 12.7 Å². The van der Waals surface area contributed by atoms with Gasteiger partial charge in [0.2, 0.25) is 0 Å². The quantitative estimate of drug-likeness (QED) is 0.572. The Hall–Kier alpha value is -0.530. The molecule has 2 radical (unpaired) electrons. The molecule has 0 unspecified atom stereocenters. The number of carbonyl (C=O) groups is 1. The summed E-state index contributed by atoms with van der Waals surface area (Å²) < 4.78 is -0.984. The van der Waals surface area contributed by atoms with Crippen molar-refractivity contribution in [3.8, 4) is 0 Å². The highest BCUT2D eigenvalue weighted by molar-refractivity contribution is 6.48. The molecular formula is C12H12Cl2O. The zero-order chi connectivity index (χ0) is 11.3. The Balaban J connectivity index is 2.60. The summed E-state index contributed by atoms with van der Waals surface area (Å²) in [6, 6.07) is 9.63. The van der Waals surface area contributed by atoms with Crippen molar-refractivity contribution in [1.82, 2.24) is 0 Å². The summed E-state index contributed by atoms with van der Waals surface area (Å²) in [6.45, 7) is 5.48. The van der Waals surface area contributed by atoms with Crippen molar-refractivity contribution >= 4 is 29.5 Å². The van der Waals surface area contributed by atoms with Gasteiger partial charge in [-0.05, 0) is 18.9 Å². The predicted octanol–water partition coefficient (Wildman–Crippen LogP) is 3.32. The van der Waals surface area contributed by atoms with E-state index in [2.05, 4.69) is 0 Å². The average Bonchev–Trinajstić information content (AvgIpc) is 2.17. The van der Waals surface area contributed by atoms with Crippen LogP contribution in [0, 0.1) is 12.8 Å². The van der Waals surface area contributed by atoms with Crippen molar-refractivity contribution in [2.75, 3.05) is 0 Å². The summed E-state index contributed by atoms with van der Waals surface area (Å²) in [5, 5.41) is 0. The van der Waals surface area contributed by atoms with Crippen LogP contribution in [0.5, 0.6) is 0 Å². The van der Waals surface area contributed by atoms with Crippen molar-refractivity contribution in [2.24, 2.45) is 5.92 Å². The molecule has 0 saturated heterocycles. The standard InChI is InChI=1S/C12H12Cl2O/c1-10(9-15)7-12(13,14)8-11-5-3-2-4-6-11/h1-6,9-10H,7-8H2/t10-/m0/s1. The molecule has 1 aromatic carbocycles. The largest absolute Gasteiger partial charge is 0.303 e. The van der Waals surface area contributed by atoms with Crippen molar-refractivity contribution in [1.29, 1.82) is 0 Å². The third-order valence-electron chi connectivity index (χ3n) is 2.01. The molecule has 15 heavy (non-hydrogen) atoms. The van der Waals surface area contributed by atoms with Crippen LogP contribution in [0.3, 0.4) is 0 Å². The Morgan fingerprint density at radius 2 is 1.93 bits per heavy atom. The topological polar surface area (TPSA) is 17.1 Å². The molecule has 1 rings (SSSR count). The first-order chi connectivity index (χ1) is 7.03. The van der Waals surface area contributed by atoms with Crippen LogP contribution in [-0.2, 0) is 11.2 Å². The number of alkyl halides is 2. The van der Waals surface area contributed by atoms with E-state index in [-0.39, 0.29) is 6.42 Å². The van der Waals surface area contributed by atoms with Crippen molar-refractivity contribution in [2.45, 2.75) is 17.2 Å². The molecule has 3 heteroatoms. The van der Waals surface area contributed by atoms with Gasteiger partial charge in [-0.1, -0.05) is 30.3 Å². The molecule has 0 aliphatic rings. The fourth-order valence-corrected chi connectivity index (χ4v) is 2.02. The Bertz CT molecular complexity index is 309. The summed E-state index contributed by atoms with van der Waals surface area (Å²) in [5.74, 6) is -0.608. The summed E-state index contributed by atoms with van der Waals surface area (Å²) >= 11 is 12.1. The minimum absolute atomic E-state index is 0.258. The first kappa shape index (κ1) is 12.5. The lowest BCUT2D eigenvalue weighted by Gasteiger charge is -2.20. The molecule has 0 aromatic heterocycles. The van der Waals surface area contributed by atoms with Gasteiger partial charge >= 0.3 is 0 Å². The molecule has 1 atom stereocenters. The summed E-state index contributed by atoms with van der Waals surface area (Å²) in [6.07, 6.45) is 1.40. The molecule has 0 N–H and O–H groups in total. The Morgan fingerprint density at radius 1 is 1.33 bits per heavy atom. The molecule has 0 fully saturated rings. The predicted molar refractivity (Wildman–Crippen MR) is 63.1 cm³/mol. The van der Waals surface area contributed by atoms with Crippen LogP contribution in [-0.4, -0.2) is 10.6 Å². The van der Waals surface area contributed by atoms with E-state index in [0.717, 1.165) is 5.56 Å². The molecule has 0 heterocycles. The van der Waals surface area contributed by atoms with Crippen LogP contribution in [0.25, 0.3) is 0 Å². The second kappa shape index (κ2) is 5.53. The smallest absolute Gasteiger partial charge is 0.123 e. The second-order valence-electron chi connectivity index (χ2n) is 3.52. The Labute approximate surface area is 100 Å². The lowest BCUT2D eigenvalue weighted by atomic mass is 10.0. The zero-order valence-corrected chi connectivity index (χ0v) is 9.71. The van der Waals surface area contributed by atoms with Crippen molar-refractivity contribution < 1.29 is 4.79 Å². The van der Waals surface area contributed by atoms with Gasteiger partial charge in [-0.25, -0.2) is 0 Å². The number of halogens is 2. The third-order valence-corrected chi connectivity index (χ3v) is 2.59. The summed E-state index contributed by atoms with van der Waals surface area (Å²) in [5.41, 5.74) is 1.03. The minimum Gasteiger partial charge on any atom is -0.303 e. The van der Waals surface area contributed by atoms with Crippen LogP contribution in [0.15, 0.2) is 30.3 Å². The number of rotatable bonds is 5. The van der Waals surface area contributed by atoms with E-state index >= 15 is 0 Å². The number of carbonyl (C=O) groups excluding carboxylic acids is 1. The maximum Gasteiger partial charge on any atom is 0.123 e. The Kier molecular flexibility index (Phi) is 4.62. The van der Waals surface area contributed by atoms with Gasteiger partial charge in [-0.2, -0.15) is 0 Å². The Morgan fingerprint density at radius 3 is 2.47 bits per heavy atom. The lowest BCUT2D eigenvalue weighted by molar-refractivity contribution is -0.110. The van der Waals surface area contributed by atoms with Gasteiger partial charge in [0.1, 0.15) is 10.6 Å². The first-order valence-corrected chi connectivity index (χ1v) is 5.42. The number of hydrogen-bond acceptors (Lipinski definition) is 1. The first-order valence-electron chi connectivity index (χ1n) is 4.66. The second-order valence-corrected chi connectivity index (χ2v) is 5.16. The molecule has 0 saturated carbocycles. The highest BCUT2D eigenvalue weighted by atomic mass is 35.5. The van der Waals surface area contributed by atoms with Crippen molar-refractivity contribution in [3.63, 3.8) is 0 Å². The maximum absolute atomic E-state index is 10.4. The van der Waals surface area contributed by atoms with Gasteiger partial charge < -0.3 is 4.79 Å². The summed E-state index contributed by atoms with van der Waals surface area (Å²) in [7, 11) is 0. The molecule has 80 valence electrons. The van der Waals surface area contributed by atoms with E-state index in [4.69, 9.17) is 30.1 Å². The highest BCUT2D eigenvalue weighted by Gasteiger charge is 2.26. The van der Waals surface area contributed by atoms with E-state index in [1.54, 1.807) is 0 Å². The zero-order valence-electron chi connectivity index (χ0n) is 8.20. The SMILES string of the molecule is [CH][C@H](C=O)CC(Cl)(Cl)Cc1ccccc1. The number of hydrogen-bond donors (Lipinski definition) is 0.